The summed E-state index contributed by atoms with van der Waals surface area (Å²) in [5, 5.41) is 8.52. The van der Waals surface area contributed by atoms with Gasteiger partial charge in [0.15, 0.2) is 15.6 Å². The predicted octanol–water partition coefficient (Wildman–Crippen LogP) is 0.806. The van der Waals surface area contributed by atoms with Gasteiger partial charge in [-0.25, -0.2) is 12.8 Å². The highest BCUT2D eigenvalue weighted by molar-refractivity contribution is 7.92. The summed E-state index contributed by atoms with van der Waals surface area (Å²) in [7, 11) is -3.50. The lowest BCUT2D eigenvalue weighted by atomic mass is 10.1. The number of halogens is 1. The first-order chi connectivity index (χ1) is 7.94. The molecule has 1 aromatic carbocycles. The van der Waals surface area contributed by atoms with Gasteiger partial charge in [-0.15, -0.1) is 0 Å². The second-order valence-electron chi connectivity index (χ2n) is 3.60. The minimum atomic E-state index is -3.50. The Balaban J connectivity index is 2.69. The van der Waals surface area contributed by atoms with Gasteiger partial charge in [0, 0.05) is 12.2 Å². The number of Topliss-reactive ketones (excluding diaryl/α,β-unsaturated/α-hetero) is 1. The second kappa shape index (κ2) is 5.88. The third-order valence-corrected chi connectivity index (χ3v) is 3.74. The lowest BCUT2D eigenvalue weighted by Crippen LogP contribution is -2.19. The van der Waals surface area contributed by atoms with Gasteiger partial charge in [-0.3, -0.25) is 4.79 Å². The van der Waals surface area contributed by atoms with E-state index in [4.69, 9.17) is 5.11 Å². The molecule has 0 spiro atoms. The smallest absolute Gasteiger partial charge is 0.177 e. The molecule has 0 aliphatic carbocycles. The zero-order valence-corrected chi connectivity index (χ0v) is 9.91. The first-order valence-electron chi connectivity index (χ1n) is 5.04. The molecule has 1 aromatic rings. The molecule has 94 valence electrons. The number of hydrogen-bond donors (Lipinski definition) is 1. The van der Waals surface area contributed by atoms with Crippen molar-refractivity contribution in [3.8, 4) is 0 Å². The molecule has 1 N–H and O–H groups in total. The molecule has 0 bridgehead atoms. The first kappa shape index (κ1) is 13.8. The summed E-state index contributed by atoms with van der Waals surface area (Å²) in [5.41, 5.74) is 0.166. The third kappa shape index (κ3) is 4.62. The lowest BCUT2D eigenvalue weighted by Gasteiger charge is -2.03. The summed E-state index contributed by atoms with van der Waals surface area (Å²) in [6, 6.07) is 4.71. The highest BCUT2D eigenvalue weighted by Crippen LogP contribution is 2.06. The number of carbonyl (C=O) groups is 1. The molecule has 0 unspecified atom stereocenters. The van der Waals surface area contributed by atoms with Gasteiger partial charge >= 0.3 is 0 Å². The number of carbonyl (C=O) groups excluding carboxylic acids is 1. The zero-order valence-electron chi connectivity index (χ0n) is 9.10. The summed E-state index contributed by atoms with van der Waals surface area (Å²) in [6.45, 7) is -0.232. The van der Waals surface area contributed by atoms with Crippen molar-refractivity contribution in [1.29, 1.82) is 0 Å². The van der Waals surface area contributed by atoms with Crippen LogP contribution in [0, 0.1) is 5.82 Å². The van der Waals surface area contributed by atoms with E-state index in [1.807, 2.05) is 0 Å². The fraction of sp³-hybridized carbons (Fsp3) is 0.364. The van der Waals surface area contributed by atoms with Crippen LogP contribution < -0.4 is 0 Å². The van der Waals surface area contributed by atoms with Crippen molar-refractivity contribution in [2.45, 2.75) is 6.42 Å². The van der Waals surface area contributed by atoms with Crippen molar-refractivity contribution >= 4 is 15.6 Å². The molecular weight excluding hydrogens is 247 g/mol. The number of aliphatic hydroxyl groups excluding tert-OH is 1. The van der Waals surface area contributed by atoms with Crippen molar-refractivity contribution in [3.05, 3.63) is 35.6 Å². The van der Waals surface area contributed by atoms with E-state index in [-0.39, 0.29) is 24.3 Å². The van der Waals surface area contributed by atoms with Crippen LogP contribution in [0.1, 0.15) is 16.8 Å². The number of rotatable bonds is 6. The molecule has 4 nitrogen and oxygen atoms in total. The summed E-state index contributed by atoms with van der Waals surface area (Å²) < 4.78 is 35.5. The van der Waals surface area contributed by atoms with Crippen LogP contribution in [0.2, 0.25) is 0 Å². The monoisotopic (exact) mass is 260 g/mol. The zero-order chi connectivity index (χ0) is 12.9. The number of sulfone groups is 1. The quantitative estimate of drug-likeness (QED) is 0.768. The maximum atomic E-state index is 12.6. The van der Waals surface area contributed by atoms with Crippen LogP contribution in [0.4, 0.5) is 4.39 Å². The Morgan fingerprint density at radius 2 is 1.82 bits per heavy atom. The van der Waals surface area contributed by atoms with Gasteiger partial charge in [-0.1, -0.05) is 0 Å². The van der Waals surface area contributed by atoms with Gasteiger partial charge in [0.2, 0.25) is 0 Å². The molecule has 0 aromatic heterocycles. The number of aliphatic hydroxyl groups is 1. The molecule has 0 aliphatic rings. The molecule has 0 fully saturated rings. The van der Waals surface area contributed by atoms with Crippen molar-refractivity contribution < 1.29 is 22.7 Å². The second-order valence-corrected chi connectivity index (χ2v) is 5.78. The van der Waals surface area contributed by atoms with Gasteiger partial charge in [-0.2, -0.15) is 0 Å². The summed E-state index contributed by atoms with van der Waals surface area (Å²) in [6.07, 6.45) is 0.110. The maximum absolute atomic E-state index is 12.6. The lowest BCUT2D eigenvalue weighted by molar-refractivity contribution is 0.102. The van der Waals surface area contributed by atoms with E-state index in [1.165, 1.54) is 12.1 Å². The summed E-state index contributed by atoms with van der Waals surface area (Å²) in [4.78, 5) is 11.6. The summed E-state index contributed by atoms with van der Waals surface area (Å²) >= 11 is 0. The summed E-state index contributed by atoms with van der Waals surface area (Å²) in [5.74, 6) is -1.89. The maximum Gasteiger partial charge on any atom is 0.177 e. The van der Waals surface area contributed by atoms with Gasteiger partial charge in [-0.05, 0) is 30.7 Å². The Hall–Kier alpha value is -1.27. The average Bonchev–Trinajstić information content (AvgIpc) is 2.26. The van der Waals surface area contributed by atoms with E-state index >= 15 is 0 Å². The van der Waals surface area contributed by atoms with Gasteiger partial charge in [0.25, 0.3) is 0 Å². The predicted molar refractivity (Wildman–Crippen MR) is 61.1 cm³/mol. The van der Waals surface area contributed by atoms with Crippen molar-refractivity contribution in [1.82, 2.24) is 0 Å². The van der Waals surface area contributed by atoms with Crippen molar-refractivity contribution in [2.24, 2.45) is 0 Å². The van der Waals surface area contributed by atoms with E-state index in [9.17, 15) is 17.6 Å². The molecule has 0 saturated heterocycles. The molecule has 1 rings (SSSR count). The van der Waals surface area contributed by atoms with Crippen LogP contribution in [-0.2, 0) is 9.84 Å². The molecule has 17 heavy (non-hydrogen) atoms. The molecule has 0 amide bonds. The molecule has 0 atom stereocenters. The van der Waals surface area contributed by atoms with E-state index in [1.54, 1.807) is 0 Å². The molecule has 0 saturated carbocycles. The van der Waals surface area contributed by atoms with Crippen LogP contribution in [0.5, 0.6) is 0 Å². The SMILES string of the molecule is O=C(CS(=O)(=O)CCCO)c1ccc(F)cc1. The van der Waals surface area contributed by atoms with Crippen LogP contribution in [0.3, 0.4) is 0 Å². The first-order valence-corrected chi connectivity index (χ1v) is 6.87. The number of hydrogen-bond acceptors (Lipinski definition) is 4. The Kier molecular flexibility index (Phi) is 4.77. The minimum Gasteiger partial charge on any atom is -0.396 e. The van der Waals surface area contributed by atoms with Crippen LogP contribution >= 0.6 is 0 Å². The molecule has 0 heterocycles. The molecule has 0 aliphatic heterocycles. The van der Waals surface area contributed by atoms with Gasteiger partial charge in [0.1, 0.15) is 11.6 Å². The number of ketones is 1. The van der Waals surface area contributed by atoms with Crippen molar-refractivity contribution in [3.63, 3.8) is 0 Å². The Labute approximate surface area is 99.0 Å². The van der Waals surface area contributed by atoms with Crippen LogP contribution in [-0.4, -0.2) is 37.4 Å². The molecule has 0 radical (unpaired) electrons. The molecular formula is C11H13FO4S. The highest BCUT2D eigenvalue weighted by Gasteiger charge is 2.17. The minimum absolute atomic E-state index is 0.110. The van der Waals surface area contributed by atoms with Crippen LogP contribution in [0.15, 0.2) is 24.3 Å². The highest BCUT2D eigenvalue weighted by atomic mass is 32.2. The van der Waals surface area contributed by atoms with E-state index in [0.29, 0.717) is 0 Å². The topological polar surface area (TPSA) is 71.4 Å². The third-order valence-electron chi connectivity index (χ3n) is 2.13. The largest absolute Gasteiger partial charge is 0.396 e. The Morgan fingerprint density at radius 1 is 1.24 bits per heavy atom. The van der Waals surface area contributed by atoms with E-state index < -0.39 is 27.2 Å². The Bertz CT molecular complexity index is 479. The average molecular weight is 260 g/mol. The van der Waals surface area contributed by atoms with E-state index in [2.05, 4.69) is 0 Å². The van der Waals surface area contributed by atoms with Gasteiger partial charge in [0.05, 0.1) is 5.75 Å². The normalized spacial score (nSPS) is 11.4. The van der Waals surface area contributed by atoms with Gasteiger partial charge < -0.3 is 5.11 Å². The van der Waals surface area contributed by atoms with E-state index in [0.717, 1.165) is 12.1 Å². The number of benzene rings is 1. The fourth-order valence-electron chi connectivity index (χ4n) is 1.28. The fourth-order valence-corrected chi connectivity index (χ4v) is 2.55. The standard InChI is InChI=1S/C11H13FO4S/c12-10-4-2-9(3-5-10)11(14)8-17(15,16)7-1-6-13/h2-5,13H,1,6-8H2. The Morgan fingerprint density at radius 3 is 2.35 bits per heavy atom. The molecule has 6 heteroatoms. The van der Waals surface area contributed by atoms with Crippen LogP contribution in [0.25, 0.3) is 0 Å². The van der Waals surface area contributed by atoms with Crippen molar-refractivity contribution in [2.75, 3.05) is 18.1 Å².